The van der Waals surface area contributed by atoms with Crippen LogP contribution in [-0.4, -0.2) is 54.7 Å². The van der Waals surface area contributed by atoms with E-state index in [1.54, 1.807) is 37.3 Å². The Morgan fingerprint density at radius 1 is 1.23 bits per heavy atom. The topological polar surface area (TPSA) is 94.2 Å². The molecule has 138 valence electrons. The number of ether oxygens (including phenoxy) is 3. The van der Waals surface area contributed by atoms with Gasteiger partial charge in [0.1, 0.15) is 18.0 Å². The zero-order valence-corrected chi connectivity index (χ0v) is 15.1. The van der Waals surface area contributed by atoms with E-state index in [9.17, 15) is 14.4 Å². The molecule has 1 aliphatic rings. The fourth-order valence-electron chi connectivity index (χ4n) is 2.08. The van der Waals surface area contributed by atoms with Gasteiger partial charge in [-0.25, -0.2) is 4.79 Å². The van der Waals surface area contributed by atoms with Crippen molar-refractivity contribution in [3.8, 4) is 5.75 Å². The van der Waals surface area contributed by atoms with E-state index < -0.39 is 17.8 Å². The number of benzene rings is 1. The van der Waals surface area contributed by atoms with Crippen LogP contribution < -0.4 is 10.1 Å². The maximum absolute atomic E-state index is 12.3. The van der Waals surface area contributed by atoms with Crippen LogP contribution in [0.5, 0.6) is 5.75 Å². The summed E-state index contributed by atoms with van der Waals surface area (Å²) in [6.07, 6.45) is 1.60. The third-order valence-electron chi connectivity index (χ3n) is 3.33. The Hall–Kier alpha value is -2.94. The van der Waals surface area contributed by atoms with Crippen molar-refractivity contribution >= 4 is 41.3 Å². The SMILES string of the molecule is CCOC(=O)COc1ccc(/C=C2\NC(=S)N(CC(=O)OC)C2=O)cc1. The molecule has 1 aromatic carbocycles. The maximum atomic E-state index is 12.3. The number of hydrogen-bond donors (Lipinski definition) is 1. The summed E-state index contributed by atoms with van der Waals surface area (Å²) in [4.78, 5) is 36.0. The first-order valence-corrected chi connectivity index (χ1v) is 8.15. The molecule has 0 atom stereocenters. The van der Waals surface area contributed by atoms with Crippen molar-refractivity contribution in [3.63, 3.8) is 0 Å². The Morgan fingerprint density at radius 2 is 1.92 bits per heavy atom. The van der Waals surface area contributed by atoms with E-state index in [1.165, 1.54) is 7.11 Å². The molecule has 9 heteroatoms. The van der Waals surface area contributed by atoms with Crippen LogP contribution in [0, 0.1) is 0 Å². The van der Waals surface area contributed by atoms with Crippen LogP contribution in [0.15, 0.2) is 30.0 Å². The molecule has 1 heterocycles. The predicted molar refractivity (Wildman–Crippen MR) is 96.0 cm³/mol. The third-order valence-corrected chi connectivity index (χ3v) is 3.65. The normalized spacial score (nSPS) is 15.0. The highest BCUT2D eigenvalue weighted by Crippen LogP contribution is 2.17. The van der Waals surface area contributed by atoms with Gasteiger partial charge in [0.05, 0.1) is 13.7 Å². The van der Waals surface area contributed by atoms with Crippen molar-refractivity contribution in [2.75, 3.05) is 26.9 Å². The molecule has 0 unspecified atom stereocenters. The number of amides is 1. The second-order valence-corrected chi connectivity index (χ2v) is 5.51. The Morgan fingerprint density at radius 3 is 2.54 bits per heavy atom. The number of carbonyl (C=O) groups is 3. The molecular formula is C17H18N2O6S. The van der Waals surface area contributed by atoms with Gasteiger partial charge in [0.25, 0.3) is 5.91 Å². The molecule has 1 N–H and O–H groups in total. The Bertz CT molecular complexity index is 744. The van der Waals surface area contributed by atoms with Gasteiger partial charge < -0.3 is 19.5 Å². The van der Waals surface area contributed by atoms with Crippen LogP contribution in [0.1, 0.15) is 12.5 Å². The molecule has 2 rings (SSSR count). The van der Waals surface area contributed by atoms with Crippen molar-refractivity contribution < 1.29 is 28.6 Å². The predicted octanol–water partition coefficient (Wildman–Crippen LogP) is 0.859. The van der Waals surface area contributed by atoms with Crippen LogP contribution in [0.3, 0.4) is 0 Å². The zero-order chi connectivity index (χ0) is 19.1. The molecule has 26 heavy (non-hydrogen) atoms. The molecule has 0 aliphatic carbocycles. The second-order valence-electron chi connectivity index (χ2n) is 5.12. The number of nitrogens with zero attached hydrogens (tertiary/aromatic N) is 1. The molecule has 0 bridgehead atoms. The number of methoxy groups -OCH3 is 1. The van der Waals surface area contributed by atoms with Gasteiger partial charge in [0.2, 0.25) is 0 Å². The average molecular weight is 378 g/mol. The van der Waals surface area contributed by atoms with Crippen molar-refractivity contribution in [3.05, 3.63) is 35.5 Å². The maximum Gasteiger partial charge on any atom is 0.344 e. The van der Waals surface area contributed by atoms with Gasteiger partial charge in [0, 0.05) is 0 Å². The monoisotopic (exact) mass is 378 g/mol. The lowest BCUT2D eigenvalue weighted by Gasteiger charge is -2.11. The van der Waals surface area contributed by atoms with Gasteiger partial charge in [-0.2, -0.15) is 0 Å². The number of esters is 2. The fourth-order valence-corrected chi connectivity index (χ4v) is 2.34. The van der Waals surface area contributed by atoms with E-state index in [1.807, 2.05) is 0 Å². The van der Waals surface area contributed by atoms with Gasteiger partial charge >= 0.3 is 11.9 Å². The average Bonchev–Trinajstić information content (AvgIpc) is 2.88. The number of carbonyl (C=O) groups excluding carboxylic acids is 3. The molecule has 0 aromatic heterocycles. The van der Waals surface area contributed by atoms with Crippen LogP contribution in [-0.2, 0) is 23.9 Å². The number of nitrogens with one attached hydrogen (secondary N) is 1. The van der Waals surface area contributed by atoms with E-state index in [0.717, 1.165) is 4.90 Å². The fraction of sp³-hybridized carbons (Fsp3) is 0.294. The first kappa shape index (κ1) is 19.4. The molecule has 1 saturated heterocycles. The van der Waals surface area contributed by atoms with Gasteiger partial charge in [-0.15, -0.1) is 0 Å². The smallest absolute Gasteiger partial charge is 0.344 e. The lowest BCUT2D eigenvalue weighted by atomic mass is 10.2. The molecule has 1 aliphatic heterocycles. The van der Waals surface area contributed by atoms with Crippen LogP contribution >= 0.6 is 12.2 Å². The van der Waals surface area contributed by atoms with Gasteiger partial charge in [-0.1, -0.05) is 12.1 Å². The summed E-state index contributed by atoms with van der Waals surface area (Å²) in [5.41, 5.74) is 0.964. The highest BCUT2D eigenvalue weighted by atomic mass is 32.1. The van der Waals surface area contributed by atoms with Crippen molar-refractivity contribution in [1.29, 1.82) is 0 Å². The van der Waals surface area contributed by atoms with E-state index in [-0.39, 0.29) is 24.0 Å². The molecule has 1 fully saturated rings. The zero-order valence-electron chi connectivity index (χ0n) is 14.3. The highest BCUT2D eigenvalue weighted by Gasteiger charge is 2.32. The minimum absolute atomic E-state index is 0.140. The summed E-state index contributed by atoms with van der Waals surface area (Å²) in [5, 5.41) is 2.91. The van der Waals surface area contributed by atoms with Gasteiger partial charge in [-0.05, 0) is 42.9 Å². The third kappa shape index (κ3) is 5.03. The first-order chi connectivity index (χ1) is 12.4. The van der Waals surface area contributed by atoms with E-state index in [0.29, 0.717) is 17.9 Å². The molecule has 1 aromatic rings. The lowest BCUT2D eigenvalue weighted by molar-refractivity contribution is -0.145. The van der Waals surface area contributed by atoms with Crippen LogP contribution in [0.4, 0.5) is 0 Å². The summed E-state index contributed by atoms with van der Waals surface area (Å²) in [6.45, 7) is 1.59. The van der Waals surface area contributed by atoms with E-state index >= 15 is 0 Å². The van der Waals surface area contributed by atoms with Crippen molar-refractivity contribution in [1.82, 2.24) is 10.2 Å². The molecule has 0 spiro atoms. The Balaban J connectivity index is 2.01. The summed E-state index contributed by atoms with van der Waals surface area (Å²) < 4.78 is 14.6. The lowest BCUT2D eigenvalue weighted by Crippen LogP contribution is -2.35. The molecular weight excluding hydrogens is 360 g/mol. The summed E-state index contributed by atoms with van der Waals surface area (Å²) in [6, 6.07) is 6.76. The van der Waals surface area contributed by atoms with Crippen LogP contribution in [0.2, 0.25) is 0 Å². The molecule has 8 nitrogen and oxygen atoms in total. The summed E-state index contributed by atoms with van der Waals surface area (Å²) in [5.74, 6) is -0.928. The molecule has 0 radical (unpaired) electrons. The van der Waals surface area contributed by atoms with Crippen molar-refractivity contribution in [2.24, 2.45) is 0 Å². The second kappa shape index (κ2) is 8.95. The van der Waals surface area contributed by atoms with E-state index in [4.69, 9.17) is 21.7 Å². The van der Waals surface area contributed by atoms with Gasteiger partial charge in [0.15, 0.2) is 11.7 Å². The quantitative estimate of drug-likeness (QED) is 0.424. The van der Waals surface area contributed by atoms with Crippen molar-refractivity contribution in [2.45, 2.75) is 6.92 Å². The largest absolute Gasteiger partial charge is 0.482 e. The number of thiocarbonyl (C=S) groups is 1. The number of rotatable bonds is 7. The van der Waals surface area contributed by atoms with Gasteiger partial charge in [-0.3, -0.25) is 14.5 Å². The Labute approximate surface area is 155 Å². The minimum Gasteiger partial charge on any atom is -0.482 e. The molecule has 0 saturated carbocycles. The standard InChI is InChI=1S/C17H18N2O6S/c1-3-24-15(21)10-25-12-6-4-11(5-7-12)8-13-16(22)19(17(26)18-13)9-14(20)23-2/h4-8H,3,9-10H2,1-2H3,(H,18,26)/b13-8-. The minimum atomic E-state index is -0.563. The molecule has 1 amide bonds. The summed E-state index contributed by atoms with van der Waals surface area (Å²) in [7, 11) is 1.24. The van der Waals surface area contributed by atoms with E-state index in [2.05, 4.69) is 10.1 Å². The first-order valence-electron chi connectivity index (χ1n) is 7.74. The Kier molecular flexibility index (Phi) is 6.67. The number of hydrogen-bond acceptors (Lipinski definition) is 7. The summed E-state index contributed by atoms with van der Waals surface area (Å²) >= 11 is 5.06. The highest BCUT2D eigenvalue weighted by molar-refractivity contribution is 7.80. The van der Waals surface area contributed by atoms with Crippen LogP contribution in [0.25, 0.3) is 6.08 Å².